The molecule has 6 nitrogen and oxygen atoms in total. The fourth-order valence-corrected chi connectivity index (χ4v) is 2.96. The van der Waals surface area contributed by atoms with Crippen LogP contribution in [0.1, 0.15) is 17.5 Å². The SMILES string of the molecule is Cc1ccc(N2CC(CNCC(O)c3cscn3)C2)nn1. The minimum atomic E-state index is -0.518. The van der Waals surface area contributed by atoms with Crippen molar-refractivity contribution in [2.45, 2.75) is 13.0 Å². The average Bonchev–Trinajstić information content (AvgIpc) is 2.97. The Morgan fingerprint density at radius 1 is 1.43 bits per heavy atom. The number of rotatable bonds is 6. The van der Waals surface area contributed by atoms with Crippen LogP contribution in [0.15, 0.2) is 23.0 Å². The van der Waals surface area contributed by atoms with E-state index in [1.54, 1.807) is 5.51 Å². The highest BCUT2D eigenvalue weighted by atomic mass is 32.1. The molecule has 112 valence electrons. The summed E-state index contributed by atoms with van der Waals surface area (Å²) in [4.78, 5) is 6.33. The minimum absolute atomic E-state index is 0.518. The van der Waals surface area contributed by atoms with Crippen molar-refractivity contribution in [1.82, 2.24) is 20.5 Å². The van der Waals surface area contributed by atoms with Crippen molar-refractivity contribution in [2.75, 3.05) is 31.1 Å². The number of nitrogens with zero attached hydrogens (tertiary/aromatic N) is 4. The van der Waals surface area contributed by atoms with Gasteiger partial charge >= 0.3 is 0 Å². The summed E-state index contributed by atoms with van der Waals surface area (Å²) in [6, 6.07) is 4.00. The topological polar surface area (TPSA) is 74.2 Å². The van der Waals surface area contributed by atoms with Gasteiger partial charge < -0.3 is 15.3 Å². The maximum Gasteiger partial charge on any atom is 0.151 e. The highest BCUT2D eigenvalue weighted by Gasteiger charge is 2.27. The smallest absolute Gasteiger partial charge is 0.151 e. The first kappa shape index (κ1) is 14.4. The first-order valence-corrected chi connectivity index (χ1v) is 7.99. The van der Waals surface area contributed by atoms with Gasteiger partial charge in [0.05, 0.1) is 16.9 Å². The molecule has 1 saturated heterocycles. The van der Waals surface area contributed by atoms with Gasteiger partial charge in [0.25, 0.3) is 0 Å². The highest BCUT2D eigenvalue weighted by Crippen LogP contribution is 2.21. The molecule has 7 heteroatoms. The van der Waals surface area contributed by atoms with E-state index in [1.165, 1.54) is 11.3 Å². The molecule has 0 spiro atoms. The zero-order chi connectivity index (χ0) is 14.7. The first-order valence-electron chi connectivity index (χ1n) is 7.04. The van der Waals surface area contributed by atoms with Crippen LogP contribution in [0.2, 0.25) is 0 Å². The van der Waals surface area contributed by atoms with Crippen LogP contribution in [0.3, 0.4) is 0 Å². The van der Waals surface area contributed by atoms with Crippen molar-refractivity contribution in [2.24, 2.45) is 5.92 Å². The molecule has 21 heavy (non-hydrogen) atoms. The zero-order valence-corrected chi connectivity index (χ0v) is 12.8. The summed E-state index contributed by atoms with van der Waals surface area (Å²) >= 11 is 1.50. The number of aromatic nitrogens is 3. The van der Waals surface area contributed by atoms with E-state index in [1.807, 2.05) is 24.4 Å². The molecule has 2 aromatic heterocycles. The number of aryl methyl sites for hydroxylation is 1. The molecule has 0 saturated carbocycles. The van der Waals surface area contributed by atoms with Gasteiger partial charge in [0, 0.05) is 37.5 Å². The Labute approximate surface area is 127 Å². The van der Waals surface area contributed by atoms with Crippen molar-refractivity contribution in [3.63, 3.8) is 0 Å². The molecule has 2 N–H and O–H groups in total. The van der Waals surface area contributed by atoms with E-state index < -0.39 is 6.10 Å². The predicted octanol–water partition coefficient (Wildman–Crippen LogP) is 1.00. The van der Waals surface area contributed by atoms with Crippen LogP contribution in [0.25, 0.3) is 0 Å². The quantitative estimate of drug-likeness (QED) is 0.829. The van der Waals surface area contributed by atoms with Crippen molar-refractivity contribution >= 4 is 17.2 Å². The molecule has 0 bridgehead atoms. The van der Waals surface area contributed by atoms with Crippen LogP contribution in [-0.2, 0) is 0 Å². The summed E-state index contributed by atoms with van der Waals surface area (Å²) in [6.07, 6.45) is -0.518. The van der Waals surface area contributed by atoms with Gasteiger partial charge in [-0.15, -0.1) is 16.4 Å². The third-order valence-corrected chi connectivity index (χ3v) is 4.23. The minimum Gasteiger partial charge on any atom is -0.385 e. The number of thiazole rings is 1. The van der Waals surface area contributed by atoms with Crippen LogP contribution in [0.5, 0.6) is 0 Å². The Morgan fingerprint density at radius 3 is 2.95 bits per heavy atom. The summed E-state index contributed by atoms with van der Waals surface area (Å²) in [6.45, 7) is 5.35. The molecule has 2 aromatic rings. The summed E-state index contributed by atoms with van der Waals surface area (Å²) in [5.41, 5.74) is 3.43. The summed E-state index contributed by atoms with van der Waals surface area (Å²) in [5, 5.41) is 23.4. The van der Waals surface area contributed by atoms with E-state index in [9.17, 15) is 5.11 Å². The largest absolute Gasteiger partial charge is 0.385 e. The van der Waals surface area contributed by atoms with Crippen LogP contribution in [-0.4, -0.2) is 46.5 Å². The molecule has 0 amide bonds. The molecular formula is C14H19N5OS. The number of anilines is 1. The van der Waals surface area contributed by atoms with Crippen molar-refractivity contribution in [1.29, 1.82) is 0 Å². The average molecular weight is 305 g/mol. The van der Waals surface area contributed by atoms with Gasteiger partial charge in [-0.2, -0.15) is 5.10 Å². The Kier molecular flexibility index (Phi) is 4.42. The van der Waals surface area contributed by atoms with Gasteiger partial charge in [-0.1, -0.05) is 0 Å². The lowest BCUT2D eigenvalue weighted by Crippen LogP contribution is -2.51. The van der Waals surface area contributed by atoms with E-state index >= 15 is 0 Å². The lowest BCUT2D eigenvalue weighted by molar-refractivity contribution is 0.167. The van der Waals surface area contributed by atoms with E-state index in [-0.39, 0.29) is 0 Å². The number of hydrogen-bond donors (Lipinski definition) is 2. The van der Waals surface area contributed by atoms with Crippen molar-refractivity contribution in [3.8, 4) is 0 Å². The van der Waals surface area contributed by atoms with Gasteiger partial charge in [-0.3, -0.25) is 0 Å². The van der Waals surface area contributed by atoms with Crippen molar-refractivity contribution in [3.05, 3.63) is 34.4 Å². The molecule has 3 rings (SSSR count). The predicted molar refractivity (Wildman–Crippen MR) is 82.4 cm³/mol. The monoisotopic (exact) mass is 305 g/mol. The fraction of sp³-hybridized carbons (Fsp3) is 0.500. The summed E-state index contributed by atoms with van der Waals surface area (Å²) in [7, 11) is 0. The van der Waals surface area contributed by atoms with Gasteiger partial charge in [-0.25, -0.2) is 4.98 Å². The molecule has 1 unspecified atom stereocenters. The molecule has 1 aliphatic heterocycles. The van der Waals surface area contributed by atoms with Gasteiger partial charge in [0.2, 0.25) is 0 Å². The number of aliphatic hydroxyl groups is 1. The Hall–Kier alpha value is -1.57. The number of hydrogen-bond acceptors (Lipinski definition) is 7. The van der Waals surface area contributed by atoms with E-state index in [4.69, 9.17) is 0 Å². The highest BCUT2D eigenvalue weighted by molar-refractivity contribution is 7.07. The van der Waals surface area contributed by atoms with Crippen LogP contribution in [0.4, 0.5) is 5.82 Å². The molecular weight excluding hydrogens is 286 g/mol. The zero-order valence-electron chi connectivity index (χ0n) is 11.9. The Morgan fingerprint density at radius 2 is 2.29 bits per heavy atom. The number of nitrogens with one attached hydrogen (secondary N) is 1. The second-order valence-electron chi connectivity index (χ2n) is 5.39. The molecule has 0 aromatic carbocycles. The molecule has 3 heterocycles. The summed E-state index contributed by atoms with van der Waals surface area (Å²) in [5.74, 6) is 1.54. The Bertz CT molecular complexity index is 553. The van der Waals surface area contributed by atoms with E-state index in [0.29, 0.717) is 12.5 Å². The van der Waals surface area contributed by atoms with Gasteiger partial charge in [0.15, 0.2) is 5.82 Å². The maximum absolute atomic E-state index is 9.92. The lowest BCUT2D eigenvalue weighted by atomic mass is 10.00. The van der Waals surface area contributed by atoms with Crippen LogP contribution in [0, 0.1) is 12.8 Å². The van der Waals surface area contributed by atoms with E-state index in [0.717, 1.165) is 36.8 Å². The molecule has 0 aliphatic carbocycles. The van der Waals surface area contributed by atoms with Gasteiger partial charge in [0.1, 0.15) is 6.10 Å². The molecule has 1 atom stereocenters. The normalized spacial score (nSPS) is 16.8. The van der Waals surface area contributed by atoms with Crippen LogP contribution < -0.4 is 10.2 Å². The van der Waals surface area contributed by atoms with Gasteiger partial charge in [-0.05, 0) is 19.1 Å². The second-order valence-corrected chi connectivity index (χ2v) is 6.11. The first-order chi connectivity index (χ1) is 10.2. The molecule has 1 fully saturated rings. The summed E-state index contributed by atoms with van der Waals surface area (Å²) < 4.78 is 0. The fourth-order valence-electron chi connectivity index (χ4n) is 2.36. The molecule has 0 radical (unpaired) electrons. The maximum atomic E-state index is 9.92. The third kappa shape index (κ3) is 3.55. The standard InChI is InChI=1S/C14H19N5OS/c1-10-2-3-14(18-17-10)19-6-11(7-19)4-15-5-13(20)12-8-21-9-16-12/h2-3,8-9,11,13,15,20H,4-7H2,1H3. The van der Waals surface area contributed by atoms with E-state index in [2.05, 4.69) is 25.4 Å². The lowest BCUT2D eigenvalue weighted by Gasteiger charge is -2.40. The third-order valence-electron chi connectivity index (χ3n) is 3.63. The molecule has 1 aliphatic rings. The number of aliphatic hydroxyl groups excluding tert-OH is 1. The van der Waals surface area contributed by atoms with Crippen LogP contribution >= 0.6 is 11.3 Å². The Balaban J connectivity index is 1.36. The van der Waals surface area contributed by atoms with Crippen molar-refractivity contribution < 1.29 is 5.11 Å². The second kappa shape index (κ2) is 6.46.